The fourth-order valence-corrected chi connectivity index (χ4v) is 3.32. The highest BCUT2D eigenvalue weighted by Gasteiger charge is 2.14. The first kappa shape index (κ1) is 23.1. The lowest BCUT2D eigenvalue weighted by atomic mass is 10.1. The molecular weight excluding hydrogens is 408 g/mol. The van der Waals surface area contributed by atoms with Crippen molar-refractivity contribution in [3.8, 4) is 11.5 Å². The zero-order valence-corrected chi connectivity index (χ0v) is 18.5. The SMILES string of the molecule is CCCNc1ccc(NC(=O)NCCCCCC(=O)O)cc1-c1nc2ccc(C)cc2o1. The van der Waals surface area contributed by atoms with Crippen LogP contribution in [-0.2, 0) is 4.79 Å². The standard InChI is InChI=1S/C24H30N4O4/c1-3-12-25-19-11-9-17(27-24(31)26-13-6-4-5-7-22(29)30)15-18(19)23-28-20-10-8-16(2)14-21(20)32-23/h8-11,14-15,25H,3-7,12-13H2,1-2H3,(H,29,30)(H2,26,27,31). The summed E-state index contributed by atoms with van der Waals surface area (Å²) in [6, 6.07) is 11.2. The van der Waals surface area contributed by atoms with Gasteiger partial charge in [0.05, 0.1) is 5.56 Å². The summed E-state index contributed by atoms with van der Waals surface area (Å²) in [6.07, 6.45) is 3.22. The monoisotopic (exact) mass is 438 g/mol. The molecule has 2 aromatic carbocycles. The smallest absolute Gasteiger partial charge is 0.319 e. The maximum absolute atomic E-state index is 12.3. The van der Waals surface area contributed by atoms with E-state index in [4.69, 9.17) is 9.52 Å². The number of benzene rings is 2. The Morgan fingerprint density at radius 2 is 1.91 bits per heavy atom. The van der Waals surface area contributed by atoms with Gasteiger partial charge in [0.25, 0.3) is 0 Å². The van der Waals surface area contributed by atoms with E-state index < -0.39 is 5.97 Å². The lowest BCUT2D eigenvalue weighted by Crippen LogP contribution is -2.29. The van der Waals surface area contributed by atoms with E-state index in [2.05, 4.69) is 27.9 Å². The zero-order chi connectivity index (χ0) is 22.9. The molecule has 2 amide bonds. The van der Waals surface area contributed by atoms with E-state index >= 15 is 0 Å². The maximum atomic E-state index is 12.3. The van der Waals surface area contributed by atoms with Gasteiger partial charge in [0, 0.05) is 30.9 Å². The number of carbonyl (C=O) groups is 2. The molecule has 3 rings (SSSR count). The van der Waals surface area contributed by atoms with Crippen molar-refractivity contribution in [3.63, 3.8) is 0 Å². The third kappa shape index (κ3) is 6.47. The van der Waals surface area contributed by atoms with E-state index in [0.717, 1.165) is 53.7 Å². The number of rotatable bonds is 11. The first-order valence-electron chi connectivity index (χ1n) is 11.0. The van der Waals surface area contributed by atoms with Crippen molar-refractivity contribution in [1.29, 1.82) is 0 Å². The molecule has 3 aromatic rings. The number of aryl methyl sites for hydroxylation is 1. The average molecular weight is 439 g/mol. The van der Waals surface area contributed by atoms with Crippen molar-refractivity contribution in [3.05, 3.63) is 42.0 Å². The normalized spacial score (nSPS) is 10.8. The lowest BCUT2D eigenvalue weighted by Gasteiger charge is -2.13. The van der Waals surface area contributed by atoms with Crippen LogP contribution in [0.5, 0.6) is 0 Å². The highest BCUT2D eigenvalue weighted by Crippen LogP contribution is 2.33. The largest absolute Gasteiger partial charge is 0.481 e. The van der Waals surface area contributed by atoms with Gasteiger partial charge in [0.1, 0.15) is 5.52 Å². The highest BCUT2D eigenvalue weighted by molar-refractivity contribution is 5.91. The molecule has 0 fully saturated rings. The number of carbonyl (C=O) groups excluding carboxylic acids is 1. The van der Waals surface area contributed by atoms with Gasteiger partial charge in [-0.1, -0.05) is 19.4 Å². The third-order valence-electron chi connectivity index (χ3n) is 4.97. The molecular formula is C24H30N4O4. The summed E-state index contributed by atoms with van der Waals surface area (Å²) in [7, 11) is 0. The van der Waals surface area contributed by atoms with E-state index in [-0.39, 0.29) is 12.5 Å². The molecule has 0 spiro atoms. The minimum absolute atomic E-state index is 0.156. The molecule has 0 radical (unpaired) electrons. The minimum Gasteiger partial charge on any atom is -0.481 e. The fraction of sp³-hybridized carbons (Fsp3) is 0.375. The molecule has 32 heavy (non-hydrogen) atoms. The van der Waals surface area contributed by atoms with Crippen LogP contribution in [0.25, 0.3) is 22.6 Å². The molecule has 1 heterocycles. The van der Waals surface area contributed by atoms with Crippen LogP contribution in [0.2, 0.25) is 0 Å². The van der Waals surface area contributed by atoms with E-state index in [1.165, 1.54) is 0 Å². The van der Waals surface area contributed by atoms with Crippen LogP contribution in [0.1, 0.15) is 44.6 Å². The Morgan fingerprint density at radius 1 is 1.06 bits per heavy atom. The molecule has 1 aromatic heterocycles. The second kappa shape index (κ2) is 11.2. The Bertz CT molecular complexity index is 1080. The molecule has 4 N–H and O–H groups in total. The van der Waals surface area contributed by atoms with E-state index in [0.29, 0.717) is 24.5 Å². The number of carboxylic acid groups (broad SMARTS) is 1. The predicted octanol–water partition coefficient (Wildman–Crippen LogP) is 5.39. The molecule has 0 saturated heterocycles. The van der Waals surface area contributed by atoms with Crippen LogP contribution in [-0.4, -0.2) is 35.2 Å². The van der Waals surface area contributed by atoms with Gasteiger partial charge in [-0.05, 0) is 62.1 Å². The van der Waals surface area contributed by atoms with Crippen molar-refractivity contribution in [2.24, 2.45) is 0 Å². The van der Waals surface area contributed by atoms with Gasteiger partial charge in [0.2, 0.25) is 5.89 Å². The molecule has 170 valence electrons. The molecule has 0 aliphatic heterocycles. The number of fused-ring (bicyclic) bond motifs is 1. The number of amides is 2. The van der Waals surface area contributed by atoms with Crippen LogP contribution in [0.4, 0.5) is 16.2 Å². The number of carboxylic acids is 1. The molecule has 0 aliphatic rings. The molecule has 0 atom stereocenters. The van der Waals surface area contributed by atoms with Gasteiger partial charge in [-0.3, -0.25) is 4.79 Å². The third-order valence-corrected chi connectivity index (χ3v) is 4.97. The molecule has 0 saturated carbocycles. The van der Waals surface area contributed by atoms with Crippen LogP contribution >= 0.6 is 0 Å². The second-order valence-corrected chi connectivity index (χ2v) is 7.76. The van der Waals surface area contributed by atoms with Crippen molar-refractivity contribution >= 4 is 34.5 Å². The summed E-state index contributed by atoms with van der Waals surface area (Å²) in [5.74, 6) is -0.302. The summed E-state index contributed by atoms with van der Waals surface area (Å²) >= 11 is 0. The number of nitrogens with zero attached hydrogens (tertiary/aromatic N) is 1. The van der Waals surface area contributed by atoms with Crippen molar-refractivity contribution in [1.82, 2.24) is 10.3 Å². The first-order chi connectivity index (χ1) is 15.5. The van der Waals surface area contributed by atoms with Crippen molar-refractivity contribution in [2.75, 3.05) is 23.7 Å². The Balaban J connectivity index is 1.69. The number of hydrogen-bond donors (Lipinski definition) is 4. The van der Waals surface area contributed by atoms with Crippen molar-refractivity contribution < 1.29 is 19.1 Å². The van der Waals surface area contributed by atoms with Gasteiger partial charge < -0.3 is 25.5 Å². The first-order valence-corrected chi connectivity index (χ1v) is 11.0. The van der Waals surface area contributed by atoms with E-state index in [1.54, 1.807) is 0 Å². The maximum Gasteiger partial charge on any atom is 0.319 e. The number of nitrogens with one attached hydrogen (secondary N) is 3. The number of anilines is 2. The van der Waals surface area contributed by atoms with Crippen LogP contribution < -0.4 is 16.0 Å². The Kier molecular flexibility index (Phi) is 8.08. The summed E-state index contributed by atoms with van der Waals surface area (Å²) in [6.45, 7) is 5.39. The van der Waals surface area contributed by atoms with Gasteiger partial charge in [0.15, 0.2) is 5.58 Å². The van der Waals surface area contributed by atoms with Crippen LogP contribution in [0, 0.1) is 6.92 Å². The molecule has 0 unspecified atom stereocenters. The van der Waals surface area contributed by atoms with Crippen LogP contribution in [0.3, 0.4) is 0 Å². The fourth-order valence-electron chi connectivity index (χ4n) is 3.32. The Labute approximate surface area is 187 Å². The number of aromatic nitrogens is 1. The average Bonchev–Trinajstić information content (AvgIpc) is 3.18. The molecule has 8 nitrogen and oxygen atoms in total. The number of aliphatic carboxylic acids is 1. The van der Waals surface area contributed by atoms with Crippen LogP contribution in [0.15, 0.2) is 40.8 Å². The quantitative estimate of drug-likeness (QED) is 0.298. The van der Waals surface area contributed by atoms with E-state index in [1.807, 2.05) is 43.3 Å². The summed E-state index contributed by atoms with van der Waals surface area (Å²) in [4.78, 5) is 27.4. The summed E-state index contributed by atoms with van der Waals surface area (Å²) < 4.78 is 6.01. The number of hydrogen-bond acceptors (Lipinski definition) is 5. The number of urea groups is 1. The number of oxazole rings is 1. The highest BCUT2D eigenvalue weighted by atomic mass is 16.4. The van der Waals surface area contributed by atoms with Gasteiger partial charge in [-0.15, -0.1) is 0 Å². The number of unbranched alkanes of at least 4 members (excludes halogenated alkanes) is 2. The van der Waals surface area contributed by atoms with Crippen molar-refractivity contribution in [2.45, 2.75) is 46.0 Å². The topological polar surface area (TPSA) is 116 Å². The predicted molar refractivity (Wildman–Crippen MR) is 126 cm³/mol. The molecule has 0 aliphatic carbocycles. The molecule has 0 bridgehead atoms. The van der Waals surface area contributed by atoms with E-state index in [9.17, 15) is 9.59 Å². The Hall–Kier alpha value is -3.55. The summed E-state index contributed by atoms with van der Waals surface area (Å²) in [5.41, 5.74) is 4.90. The van der Waals surface area contributed by atoms with Gasteiger partial charge in [-0.2, -0.15) is 0 Å². The van der Waals surface area contributed by atoms with Gasteiger partial charge >= 0.3 is 12.0 Å². The second-order valence-electron chi connectivity index (χ2n) is 7.76. The van der Waals surface area contributed by atoms with Gasteiger partial charge in [-0.25, -0.2) is 9.78 Å². The minimum atomic E-state index is -0.794. The molecule has 8 heteroatoms. The zero-order valence-electron chi connectivity index (χ0n) is 18.5. The Morgan fingerprint density at radius 3 is 2.69 bits per heavy atom. The summed E-state index contributed by atoms with van der Waals surface area (Å²) in [5, 5.41) is 17.7. The lowest BCUT2D eigenvalue weighted by molar-refractivity contribution is -0.137.